The van der Waals surface area contributed by atoms with Crippen LogP contribution < -0.4 is 0 Å². The molecular weight excluding hydrogens is 1380 g/mol. The zero-order valence-corrected chi connectivity index (χ0v) is 71.4. The van der Waals surface area contributed by atoms with Crippen LogP contribution in [0.3, 0.4) is 0 Å². The first-order valence-electron chi connectivity index (χ1n) is 45.1. The Labute approximate surface area is 651 Å². The fourth-order valence-corrected chi connectivity index (χ4v) is 15.2. The molecule has 0 saturated carbocycles. The molecule has 630 valence electrons. The number of carbonyl (C=O) groups excluding carboxylic acids is 4. The Morgan fingerprint density at radius 2 is 0.434 bits per heavy atom. The third-order valence-corrected chi connectivity index (χ3v) is 22.4. The molecule has 0 rings (SSSR count). The first-order valence-corrected chi connectivity index (χ1v) is 48.1. The van der Waals surface area contributed by atoms with E-state index in [-0.39, 0.29) is 25.7 Å². The van der Waals surface area contributed by atoms with E-state index < -0.39 is 97.5 Å². The van der Waals surface area contributed by atoms with Crippen molar-refractivity contribution in [3.8, 4) is 0 Å². The Morgan fingerprint density at radius 1 is 0.255 bits per heavy atom. The summed E-state index contributed by atoms with van der Waals surface area (Å²) in [6, 6.07) is 0. The average molecular weight is 1550 g/mol. The summed E-state index contributed by atoms with van der Waals surface area (Å²) in [5.41, 5.74) is 0. The molecule has 0 saturated heterocycles. The number of unbranched alkanes of at least 4 members (excludes halogenated alkanes) is 59. The summed E-state index contributed by atoms with van der Waals surface area (Å²) in [5, 5.41) is 10.7. The van der Waals surface area contributed by atoms with Gasteiger partial charge in [0.1, 0.15) is 19.3 Å². The molecule has 0 aromatic rings. The number of esters is 4. The molecule has 0 aromatic heterocycles. The molecule has 0 radical (unpaired) electrons. The highest BCUT2D eigenvalue weighted by Crippen LogP contribution is 2.45. The lowest BCUT2D eigenvalue weighted by Crippen LogP contribution is -2.30. The Morgan fingerprint density at radius 3 is 0.642 bits per heavy atom. The Kier molecular flexibility index (Phi) is 78.2. The fraction of sp³-hybridized carbons (Fsp3) is 0.954. The van der Waals surface area contributed by atoms with Crippen molar-refractivity contribution >= 4 is 39.5 Å². The molecule has 0 amide bonds. The predicted molar refractivity (Wildman–Crippen MR) is 437 cm³/mol. The molecule has 106 heavy (non-hydrogen) atoms. The standard InChI is InChI=1S/C87H170O17P2/c1-6-9-12-15-18-21-24-27-30-33-35-38-40-43-46-49-55-60-65-70-84(89)97-76-82(103-86(91)72-68-63-58-51-48-45-42-39-36-34-31-28-25-22-19-16-13-10-7-2)78-101-105(93,94)99-74-81(88)75-100-106(95,96)102-79-83(77-98-85(90)71-66-61-56-53-52-54-59-64-69-80(4)5)104-87(92)73-67-62-57-50-47-44-41-37-32-29-26-23-20-17-14-11-8-3/h80-83,88H,6-79H2,1-5H3,(H,93,94)(H,95,96)/t81-,82-,83-/m1/s1. The highest BCUT2D eigenvalue weighted by atomic mass is 31.2. The van der Waals surface area contributed by atoms with Crippen LogP contribution in [-0.2, 0) is 65.4 Å². The third-order valence-electron chi connectivity index (χ3n) is 20.5. The Hall–Kier alpha value is -1.94. The molecule has 0 aliphatic rings. The van der Waals surface area contributed by atoms with Gasteiger partial charge in [0.25, 0.3) is 0 Å². The number of phosphoric acid groups is 2. The summed E-state index contributed by atoms with van der Waals surface area (Å²) in [5.74, 6) is -1.37. The lowest BCUT2D eigenvalue weighted by Gasteiger charge is -2.21. The van der Waals surface area contributed by atoms with Crippen LogP contribution in [0.4, 0.5) is 0 Å². The van der Waals surface area contributed by atoms with Crippen LogP contribution in [0, 0.1) is 5.92 Å². The molecule has 0 aliphatic carbocycles. The second-order valence-electron chi connectivity index (χ2n) is 31.8. The van der Waals surface area contributed by atoms with Gasteiger partial charge >= 0.3 is 39.5 Å². The zero-order chi connectivity index (χ0) is 77.6. The van der Waals surface area contributed by atoms with Crippen LogP contribution in [0.1, 0.15) is 471 Å². The number of hydrogen-bond donors (Lipinski definition) is 3. The van der Waals surface area contributed by atoms with Gasteiger partial charge in [0.2, 0.25) is 0 Å². The third kappa shape index (κ3) is 80.1. The number of phosphoric ester groups is 2. The van der Waals surface area contributed by atoms with E-state index in [2.05, 4.69) is 34.6 Å². The number of aliphatic hydroxyl groups is 1. The van der Waals surface area contributed by atoms with E-state index in [1.54, 1.807) is 0 Å². The van der Waals surface area contributed by atoms with E-state index in [1.807, 2.05) is 0 Å². The molecule has 0 heterocycles. The van der Waals surface area contributed by atoms with Crippen molar-refractivity contribution in [3.63, 3.8) is 0 Å². The summed E-state index contributed by atoms with van der Waals surface area (Å²) in [7, 11) is -9.93. The van der Waals surface area contributed by atoms with Crippen LogP contribution in [0.5, 0.6) is 0 Å². The minimum Gasteiger partial charge on any atom is -0.462 e. The number of hydrogen-bond acceptors (Lipinski definition) is 15. The normalized spacial score (nSPS) is 13.7. The first-order chi connectivity index (χ1) is 51.5. The second kappa shape index (κ2) is 79.7. The van der Waals surface area contributed by atoms with E-state index in [4.69, 9.17) is 37.0 Å². The smallest absolute Gasteiger partial charge is 0.462 e. The number of ether oxygens (including phenoxy) is 4. The molecule has 19 heteroatoms. The van der Waals surface area contributed by atoms with Crippen molar-refractivity contribution in [1.82, 2.24) is 0 Å². The average Bonchev–Trinajstić information content (AvgIpc) is 0.905. The van der Waals surface area contributed by atoms with Gasteiger partial charge in [0, 0.05) is 25.7 Å². The SMILES string of the molecule is CCCCCCCCCCCCCCCCCCCCCC(=O)OC[C@H](COP(=O)(O)OC[C@@H](O)COP(=O)(O)OC[C@@H](COC(=O)CCCCCCCCCCC(C)C)OC(=O)CCCCCCCCCCCCCCCCCCC)OC(=O)CCCCCCCCCCCCCCCCCCCCC. The fourth-order valence-electron chi connectivity index (χ4n) is 13.6. The Bertz CT molecular complexity index is 2010. The van der Waals surface area contributed by atoms with Gasteiger partial charge in [0.05, 0.1) is 26.4 Å². The number of carbonyl (C=O) groups is 4. The molecule has 3 N–H and O–H groups in total. The van der Waals surface area contributed by atoms with Crippen LogP contribution in [0.2, 0.25) is 0 Å². The highest BCUT2D eigenvalue weighted by Gasteiger charge is 2.30. The van der Waals surface area contributed by atoms with Crippen LogP contribution in [0.15, 0.2) is 0 Å². The molecule has 0 aliphatic heterocycles. The summed E-state index contributed by atoms with van der Waals surface area (Å²) in [6.45, 7) is 7.34. The van der Waals surface area contributed by atoms with Crippen molar-refractivity contribution in [2.24, 2.45) is 5.92 Å². The molecule has 17 nitrogen and oxygen atoms in total. The summed E-state index contributed by atoms with van der Waals surface area (Å²) in [6.07, 6.45) is 73.7. The quantitative estimate of drug-likeness (QED) is 0.0222. The molecule has 0 fully saturated rings. The molecule has 0 aromatic carbocycles. The molecular formula is C87H170O17P2. The van der Waals surface area contributed by atoms with Crippen molar-refractivity contribution in [3.05, 3.63) is 0 Å². The number of aliphatic hydroxyl groups excluding tert-OH is 1. The van der Waals surface area contributed by atoms with Gasteiger partial charge in [-0.25, -0.2) is 9.13 Å². The van der Waals surface area contributed by atoms with E-state index in [9.17, 15) is 43.2 Å². The van der Waals surface area contributed by atoms with Gasteiger partial charge < -0.3 is 33.8 Å². The monoisotopic (exact) mass is 1550 g/mol. The van der Waals surface area contributed by atoms with Crippen LogP contribution >= 0.6 is 15.6 Å². The second-order valence-corrected chi connectivity index (χ2v) is 34.7. The largest absolute Gasteiger partial charge is 0.472 e. The number of rotatable bonds is 87. The van der Waals surface area contributed by atoms with Gasteiger partial charge in [-0.3, -0.25) is 37.3 Å². The van der Waals surface area contributed by atoms with E-state index in [0.717, 1.165) is 95.8 Å². The lowest BCUT2D eigenvalue weighted by molar-refractivity contribution is -0.161. The summed E-state index contributed by atoms with van der Waals surface area (Å²) >= 11 is 0. The van der Waals surface area contributed by atoms with Crippen molar-refractivity contribution in [2.75, 3.05) is 39.6 Å². The van der Waals surface area contributed by atoms with Gasteiger partial charge in [0.15, 0.2) is 12.2 Å². The van der Waals surface area contributed by atoms with Crippen molar-refractivity contribution in [1.29, 1.82) is 0 Å². The van der Waals surface area contributed by atoms with Gasteiger partial charge in [-0.15, -0.1) is 0 Å². The maximum Gasteiger partial charge on any atom is 0.472 e. The van der Waals surface area contributed by atoms with Gasteiger partial charge in [-0.05, 0) is 31.6 Å². The molecule has 0 bridgehead atoms. The first kappa shape index (κ1) is 104. The Balaban J connectivity index is 5.24. The summed E-state index contributed by atoms with van der Waals surface area (Å²) < 4.78 is 68.9. The highest BCUT2D eigenvalue weighted by molar-refractivity contribution is 7.47. The summed E-state index contributed by atoms with van der Waals surface area (Å²) in [4.78, 5) is 73.3. The predicted octanol–water partition coefficient (Wildman–Crippen LogP) is 26.8. The molecule has 0 spiro atoms. The zero-order valence-electron chi connectivity index (χ0n) is 69.6. The maximum atomic E-state index is 13.2. The topological polar surface area (TPSA) is 237 Å². The minimum atomic E-state index is -4.97. The van der Waals surface area contributed by atoms with E-state index >= 15 is 0 Å². The van der Waals surface area contributed by atoms with E-state index in [0.29, 0.717) is 25.7 Å². The minimum absolute atomic E-state index is 0.108. The lowest BCUT2D eigenvalue weighted by atomic mass is 10.0. The molecule has 5 atom stereocenters. The van der Waals surface area contributed by atoms with Crippen molar-refractivity contribution in [2.45, 2.75) is 490 Å². The van der Waals surface area contributed by atoms with Crippen LogP contribution in [-0.4, -0.2) is 96.7 Å². The van der Waals surface area contributed by atoms with Crippen LogP contribution in [0.25, 0.3) is 0 Å². The molecule has 2 unspecified atom stereocenters. The van der Waals surface area contributed by atoms with E-state index in [1.165, 1.54) is 295 Å². The van der Waals surface area contributed by atoms with Gasteiger partial charge in [-0.2, -0.15) is 0 Å². The van der Waals surface area contributed by atoms with Gasteiger partial charge in [-0.1, -0.05) is 420 Å². The maximum absolute atomic E-state index is 13.2. The van der Waals surface area contributed by atoms with Crippen molar-refractivity contribution < 1.29 is 80.2 Å².